The van der Waals surface area contributed by atoms with Crippen molar-refractivity contribution in [3.63, 3.8) is 0 Å². The summed E-state index contributed by atoms with van der Waals surface area (Å²) in [6.07, 6.45) is 0.810. The van der Waals surface area contributed by atoms with Crippen molar-refractivity contribution in [3.05, 3.63) is 34.1 Å². The number of hydrogen-bond donors (Lipinski definition) is 2. The van der Waals surface area contributed by atoms with Crippen LogP contribution in [-0.4, -0.2) is 17.4 Å². The molecule has 0 bridgehead atoms. The van der Waals surface area contributed by atoms with Gasteiger partial charge in [0.25, 0.3) is 5.69 Å². The molecule has 0 aromatic heterocycles. The molecule has 0 heterocycles. The average molecular weight is 269 g/mol. The van der Waals surface area contributed by atoms with Crippen molar-refractivity contribution in [1.82, 2.24) is 0 Å². The van der Waals surface area contributed by atoms with Gasteiger partial charge in [0.1, 0.15) is 11.5 Å². The van der Waals surface area contributed by atoms with Crippen molar-refractivity contribution in [3.8, 4) is 0 Å². The van der Waals surface area contributed by atoms with Gasteiger partial charge in [-0.25, -0.2) is 4.39 Å². The Morgan fingerprint density at radius 2 is 2.26 bits per heavy atom. The minimum absolute atomic E-state index is 0.00296. The molecular weight excluding hydrogens is 253 g/mol. The number of benzene rings is 1. The summed E-state index contributed by atoms with van der Waals surface area (Å²) >= 11 is 0. The van der Waals surface area contributed by atoms with Crippen LogP contribution >= 0.6 is 0 Å². The van der Waals surface area contributed by atoms with Gasteiger partial charge in [-0.2, -0.15) is 0 Å². The smallest absolute Gasteiger partial charge is 0.295 e. The van der Waals surface area contributed by atoms with E-state index < -0.39 is 16.4 Å². The lowest BCUT2D eigenvalue weighted by atomic mass is 10.1. The van der Waals surface area contributed by atoms with Crippen LogP contribution in [0.15, 0.2) is 18.2 Å². The maximum atomic E-state index is 12.9. The Balaban J connectivity index is 2.71. The first-order valence-electron chi connectivity index (χ1n) is 5.88. The molecule has 0 aliphatic heterocycles. The predicted molar refractivity (Wildman–Crippen MR) is 69.1 cm³/mol. The molecule has 0 aliphatic rings. The van der Waals surface area contributed by atoms with Crippen molar-refractivity contribution in [2.75, 3.05) is 11.9 Å². The monoisotopic (exact) mass is 269 g/mol. The molecule has 1 aromatic carbocycles. The molecule has 19 heavy (non-hydrogen) atoms. The fourth-order valence-electron chi connectivity index (χ4n) is 1.47. The molecule has 0 saturated heterocycles. The number of amides is 1. The number of rotatable bonds is 6. The van der Waals surface area contributed by atoms with Crippen LogP contribution < -0.4 is 11.1 Å². The van der Waals surface area contributed by atoms with E-state index in [0.29, 0.717) is 13.0 Å². The maximum Gasteiger partial charge on any atom is 0.295 e. The molecule has 104 valence electrons. The van der Waals surface area contributed by atoms with E-state index in [1.165, 1.54) is 6.07 Å². The molecule has 1 aromatic rings. The molecule has 1 unspecified atom stereocenters. The predicted octanol–water partition coefficient (Wildman–Crippen LogP) is 2.05. The van der Waals surface area contributed by atoms with Crippen LogP contribution in [0.3, 0.4) is 0 Å². The summed E-state index contributed by atoms with van der Waals surface area (Å²) < 4.78 is 12.9. The highest BCUT2D eigenvalue weighted by atomic mass is 19.1. The number of carbonyl (C=O) groups is 1. The van der Waals surface area contributed by atoms with Crippen LogP contribution in [0.4, 0.5) is 15.8 Å². The van der Waals surface area contributed by atoms with Crippen LogP contribution in [-0.2, 0) is 4.79 Å². The Labute approximate surface area is 109 Å². The molecule has 6 nitrogen and oxygen atoms in total. The highest BCUT2D eigenvalue weighted by Crippen LogP contribution is 2.25. The van der Waals surface area contributed by atoms with Crippen LogP contribution in [0, 0.1) is 21.8 Å². The van der Waals surface area contributed by atoms with Gasteiger partial charge in [0.05, 0.1) is 11.0 Å². The van der Waals surface area contributed by atoms with Gasteiger partial charge in [-0.05, 0) is 31.0 Å². The normalized spacial score (nSPS) is 11.9. The summed E-state index contributed by atoms with van der Waals surface area (Å²) in [5.41, 5.74) is 4.97. The van der Waals surface area contributed by atoms with Gasteiger partial charge in [-0.3, -0.25) is 14.9 Å². The van der Waals surface area contributed by atoms with E-state index in [4.69, 9.17) is 5.73 Å². The molecule has 1 amide bonds. The average Bonchev–Trinajstić information content (AvgIpc) is 2.37. The second-order valence-corrected chi connectivity index (χ2v) is 4.35. The van der Waals surface area contributed by atoms with E-state index in [0.717, 1.165) is 12.1 Å². The van der Waals surface area contributed by atoms with Crippen LogP contribution in [0.1, 0.15) is 19.8 Å². The first-order chi connectivity index (χ1) is 8.93. The Hall–Kier alpha value is -2.02. The second-order valence-electron chi connectivity index (χ2n) is 4.35. The maximum absolute atomic E-state index is 12.9. The fourth-order valence-corrected chi connectivity index (χ4v) is 1.47. The number of nitro benzene ring substituents is 1. The number of anilines is 1. The summed E-state index contributed by atoms with van der Waals surface area (Å²) in [4.78, 5) is 21.6. The molecule has 0 fully saturated rings. The summed E-state index contributed by atoms with van der Waals surface area (Å²) in [7, 11) is 0. The fraction of sp³-hybridized carbons (Fsp3) is 0.417. The zero-order valence-corrected chi connectivity index (χ0v) is 10.6. The zero-order chi connectivity index (χ0) is 14.4. The van der Waals surface area contributed by atoms with E-state index >= 15 is 0 Å². The van der Waals surface area contributed by atoms with Gasteiger partial charge in [0.2, 0.25) is 5.91 Å². The molecule has 0 saturated carbocycles. The number of nitrogens with two attached hydrogens (primary N) is 1. The van der Waals surface area contributed by atoms with Gasteiger partial charge >= 0.3 is 0 Å². The molecule has 7 heteroatoms. The summed E-state index contributed by atoms with van der Waals surface area (Å²) in [5, 5.41) is 13.1. The Morgan fingerprint density at radius 1 is 1.58 bits per heavy atom. The Morgan fingerprint density at radius 3 is 2.84 bits per heavy atom. The highest BCUT2D eigenvalue weighted by molar-refractivity contribution is 5.93. The summed E-state index contributed by atoms with van der Waals surface area (Å²) in [6.45, 7) is 2.39. The minimum atomic E-state index is -0.735. The number of hydrogen-bond acceptors (Lipinski definition) is 4. The molecule has 0 radical (unpaired) electrons. The van der Waals surface area contributed by atoms with E-state index in [1.807, 2.05) is 6.92 Å². The summed E-state index contributed by atoms with van der Waals surface area (Å²) in [5.74, 6) is -0.870. The number of nitrogens with one attached hydrogen (secondary N) is 1. The lowest BCUT2D eigenvalue weighted by molar-refractivity contribution is -0.384. The molecule has 3 N–H and O–H groups in total. The Kier molecular flexibility index (Phi) is 5.37. The van der Waals surface area contributed by atoms with Crippen molar-refractivity contribution >= 4 is 17.3 Å². The third kappa shape index (κ3) is 4.63. The van der Waals surface area contributed by atoms with Crippen molar-refractivity contribution in [2.45, 2.75) is 19.8 Å². The van der Waals surface area contributed by atoms with Crippen LogP contribution in [0.5, 0.6) is 0 Å². The third-order valence-electron chi connectivity index (χ3n) is 2.70. The number of carbonyl (C=O) groups excluding carboxylic acids is 1. The SMILES string of the molecule is CC(CN)CCC(=O)Nc1ccc(F)cc1[N+](=O)[O-]. The zero-order valence-electron chi connectivity index (χ0n) is 10.6. The van der Waals surface area contributed by atoms with Crippen LogP contribution in [0.2, 0.25) is 0 Å². The van der Waals surface area contributed by atoms with Crippen molar-refractivity contribution in [2.24, 2.45) is 11.7 Å². The van der Waals surface area contributed by atoms with E-state index in [-0.39, 0.29) is 23.9 Å². The van der Waals surface area contributed by atoms with Gasteiger partial charge in [0.15, 0.2) is 0 Å². The van der Waals surface area contributed by atoms with E-state index in [1.54, 1.807) is 0 Å². The Bertz CT molecular complexity index is 479. The van der Waals surface area contributed by atoms with Gasteiger partial charge in [-0.1, -0.05) is 6.92 Å². The lowest BCUT2D eigenvalue weighted by Crippen LogP contribution is -2.17. The van der Waals surface area contributed by atoms with Crippen molar-refractivity contribution in [1.29, 1.82) is 0 Å². The van der Waals surface area contributed by atoms with Gasteiger partial charge in [0, 0.05) is 6.42 Å². The first-order valence-corrected chi connectivity index (χ1v) is 5.88. The standard InChI is InChI=1S/C12H16FN3O3/c1-8(7-14)2-5-12(17)15-10-4-3-9(13)6-11(10)16(18)19/h3-4,6,8H,2,5,7,14H2,1H3,(H,15,17). The quantitative estimate of drug-likeness (QED) is 0.610. The van der Waals surface area contributed by atoms with Crippen LogP contribution in [0.25, 0.3) is 0 Å². The largest absolute Gasteiger partial charge is 0.330 e. The van der Waals surface area contributed by atoms with Gasteiger partial charge < -0.3 is 11.1 Å². The molecule has 0 aliphatic carbocycles. The second kappa shape index (κ2) is 6.79. The topological polar surface area (TPSA) is 98.3 Å². The molecule has 0 spiro atoms. The molecule has 1 rings (SSSR count). The van der Waals surface area contributed by atoms with Crippen molar-refractivity contribution < 1.29 is 14.1 Å². The first kappa shape index (κ1) is 15.0. The number of nitrogens with zero attached hydrogens (tertiary/aromatic N) is 1. The van der Waals surface area contributed by atoms with Gasteiger partial charge in [-0.15, -0.1) is 0 Å². The lowest BCUT2D eigenvalue weighted by Gasteiger charge is -2.09. The van der Waals surface area contributed by atoms with E-state index in [2.05, 4.69) is 5.32 Å². The minimum Gasteiger partial charge on any atom is -0.330 e. The van der Waals surface area contributed by atoms with E-state index in [9.17, 15) is 19.3 Å². The summed E-state index contributed by atoms with van der Waals surface area (Å²) in [6, 6.07) is 3.01. The molecule has 1 atom stereocenters. The highest BCUT2D eigenvalue weighted by Gasteiger charge is 2.17. The number of nitro groups is 1. The molecular formula is C12H16FN3O3. The third-order valence-corrected chi connectivity index (χ3v) is 2.70. The number of halogens is 1.